The molecule has 0 saturated heterocycles. The Labute approximate surface area is 322 Å². The van der Waals surface area contributed by atoms with E-state index in [1.165, 1.54) is 53.2 Å². The molecule has 3 heteroatoms. The van der Waals surface area contributed by atoms with Crippen LogP contribution in [0, 0.1) is 0 Å². The van der Waals surface area contributed by atoms with E-state index in [2.05, 4.69) is 205 Å². The Balaban J connectivity index is 1.27. The zero-order chi connectivity index (χ0) is 36.3. The fourth-order valence-electron chi connectivity index (χ4n) is 8.39. The monoisotopic (exact) mass is 719 g/mol. The summed E-state index contributed by atoms with van der Waals surface area (Å²) in [6.07, 6.45) is 0. The number of hydrogen-bond donors (Lipinski definition) is 0. The summed E-state index contributed by atoms with van der Waals surface area (Å²) in [6, 6.07) is 72.1. The Morgan fingerprint density at radius 1 is 0.345 bits per heavy atom. The molecule has 0 N–H and O–H groups in total. The third-order valence-corrected chi connectivity index (χ3v) is 12.1. The number of furan rings is 1. The number of fused-ring (bicyclic) bond motifs is 8. The summed E-state index contributed by atoms with van der Waals surface area (Å²) in [5, 5.41) is 7.13. The van der Waals surface area contributed by atoms with E-state index >= 15 is 0 Å². The first-order chi connectivity index (χ1) is 27.3. The molecule has 0 bridgehead atoms. The zero-order valence-electron chi connectivity index (χ0n) is 29.8. The van der Waals surface area contributed by atoms with Crippen molar-refractivity contribution in [3.05, 3.63) is 200 Å². The highest BCUT2D eigenvalue weighted by Gasteiger charge is 2.26. The second kappa shape index (κ2) is 12.9. The van der Waals surface area contributed by atoms with Crippen LogP contribution in [0.3, 0.4) is 0 Å². The number of thiophene rings is 1. The molecule has 0 saturated carbocycles. The van der Waals surface area contributed by atoms with Gasteiger partial charge in [0.05, 0.1) is 27.1 Å². The fraction of sp³-hybridized carbons (Fsp3) is 0. The van der Waals surface area contributed by atoms with Gasteiger partial charge in [0.1, 0.15) is 11.2 Å². The minimum Gasteiger partial charge on any atom is -0.456 e. The van der Waals surface area contributed by atoms with Crippen molar-refractivity contribution in [2.75, 3.05) is 4.90 Å². The zero-order valence-corrected chi connectivity index (χ0v) is 30.6. The number of nitrogens with zero attached hydrogens (tertiary/aromatic N) is 1. The van der Waals surface area contributed by atoms with Crippen molar-refractivity contribution in [1.29, 1.82) is 0 Å². The van der Waals surface area contributed by atoms with Gasteiger partial charge in [-0.3, -0.25) is 0 Å². The highest BCUT2D eigenvalue weighted by Crippen LogP contribution is 2.51. The molecule has 55 heavy (non-hydrogen) atoms. The molecular weight excluding hydrogens is 687 g/mol. The van der Waals surface area contributed by atoms with Gasteiger partial charge in [0.15, 0.2) is 0 Å². The Bertz CT molecular complexity index is 3200. The Morgan fingerprint density at radius 2 is 0.945 bits per heavy atom. The van der Waals surface area contributed by atoms with E-state index in [0.717, 1.165) is 50.1 Å². The van der Waals surface area contributed by atoms with E-state index in [4.69, 9.17) is 4.42 Å². The van der Waals surface area contributed by atoms with Gasteiger partial charge in [0.25, 0.3) is 0 Å². The summed E-state index contributed by atoms with van der Waals surface area (Å²) >= 11 is 1.86. The van der Waals surface area contributed by atoms with E-state index in [0.29, 0.717) is 0 Å². The van der Waals surface area contributed by atoms with Crippen LogP contribution in [0.5, 0.6) is 0 Å². The lowest BCUT2D eigenvalue weighted by molar-refractivity contribution is 0.669. The van der Waals surface area contributed by atoms with Gasteiger partial charge in [0, 0.05) is 26.4 Å². The van der Waals surface area contributed by atoms with E-state index < -0.39 is 0 Å². The van der Waals surface area contributed by atoms with Gasteiger partial charge in [0.2, 0.25) is 0 Å². The first-order valence-electron chi connectivity index (χ1n) is 18.7. The van der Waals surface area contributed by atoms with Crippen LogP contribution in [0.1, 0.15) is 0 Å². The van der Waals surface area contributed by atoms with Crippen LogP contribution in [-0.2, 0) is 0 Å². The average Bonchev–Trinajstić information content (AvgIpc) is 3.84. The van der Waals surface area contributed by atoms with Gasteiger partial charge in [-0.15, -0.1) is 11.3 Å². The normalized spacial score (nSPS) is 11.6. The van der Waals surface area contributed by atoms with Crippen molar-refractivity contribution < 1.29 is 4.42 Å². The lowest BCUT2D eigenvalue weighted by Crippen LogP contribution is -2.12. The largest absolute Gasteiger partial charge is 0.456 e. The van der Waals surface area contributed by atoms with Gasteiger partial charge in [-0.25, -0.2) is 0 Å². The molecule has 0 atom stereocenters. The molecule has 0 unspecified atom stereocenters. The van der Waals surface area contributed by atoms with Crippen LogP contribution in [0.25, 0.3) is 86.3 Å². The molecule has 258 valence electrons. The maximum Gasteiger partial charge on any atom is 0.137 e. The third kappa shape index (κ3) is 5.16. The molecular formula is C52H33NOS. The quantitative estimate of drug-likeness (QED) is 0.170. The van der Waals surface area contributed by atoms with E-state index in [9.17, 15) is 0 Å². The second-order valence-electron chi connectivity index (χ2n) is 14.0. The smallest absolute Gasteiger partial charge is 0.137 e. The SMILES string of the molecule is c1ccc(-c2ccc(N(c3cccc4c3sc3ccccc34)c3cccc4oc5cc(-c6ccccc6)c6ccccc6c5c34)c(-c3ccccc3)c2)cc1. The fourth-order valence-corrected chi connectivity index (χ4v) is 9.60. The van der Waals surface area contributed by atoms with Crippen molar-refractivity contribution >= 4 is 81.3 Å². The summed E-state index contributed by atoms with van der Waals surface area (Å²) in [5.74, 6) is 0. The van der Waals surface area contributed by atoms with Crippen molar-refractivity contribution in [3.63, 3.8) is 0 Å². The topological polar surface area (TPSA) is 16.4 Å². The van der Waals surface area contributed by atoms with E-state index in [1.807, 2.05) is 11.3 Å². The van der Waals surface area contributed by atoms with Crippen LogP contribution in [0.15, 0.2) is 205 Å². The van der Waals surface area contributed by atoms with Gasteiger partial charge < -0.3 is 9.32 Å². The molecule has 2 aromatic heterocycles. The average molecular weight is 720 g/mol. The molecule has 0 aliphatic rings. The van der Waals surface area contributed by atoms with E-state index in [-0.39, 0.29) is 0 Å². The van der Waals surface area contributed by atoms with Gasteiger partial charge in [-0.05, 0) is 81.1 Å². The van der Waals surface area contributed by atoms with Gasteiger partial charge in [-0.2, -0.15) is 0 Å². The van der Waals surface area contributed by atoms with Crippen LogP contribution in [-0.4, -0.2) is 0 Å². The molecule has 2 heterocycles. The van der Waals surface area contributed by atoms with Crippen LogP contribution >= 0.6 is 11.3 Å². The minimum absolute atomic E-state index is 0.860. The maximum atomic E-state index is 6.89. The summed E-state index contributed by atoms with van der Waals surface area (Å²) in [7, 11) is 0. The molecule has 0 aliphatic heterocycles. The van der Waals surface area contributed by atoms with Crippen molar-refractivity contribution in [1.82, 2.24) is 0 Å². The number of anilines is 3. The molecule has 0 radical (unpaired) electrons. The molecule has 0 amide bonds. The molecule has 0 fully saturated rings. The van der Waals surface area contributed by atoms with Crippen molar-refractivity contribution in [3.8, 4) is 33.4 Å². The Hall–Kier alpha value is -6.94. The Kier molecular flexibility index (Phi) is 7.39. The lowest BCUT2D eigenvalue weighted by atomic mass is 9.94. The third-order valence-electron chi connectivity index (χ3n) is 10.9. The summed E-state index contributed by atoms with van der Waals surface area (Å²) in [4.78, 5) is 2.49. The standard InChI is InChI=1S/C52H33NOS/c1-4-16-34(17-5-1)37-30-31-44(43(32-37)36-20-8-3-9-21-36)53(46-27-14-25-41-39-23-12-13-29-49(39)55-52(41)46)45-26-15-28-47-51(45)50-40-24-11-10-22-38(40)42(33-48(50)54-47)35-18-6-2-7-19-35/h1-33H. The summed E-state index contributed by atoms with van der Waals surface area (Å²) in [5.41, 5.74) is 12.1. The molecule has 11 aromatic rings. The highest BCUT2D eigenvalue weighted by molar-refractivity contribution is 7.26. The molecule has 2 nitrogen and oxygen atoms in total. The summed E-state index contributed by atoms with van der Waals surface area (Å²) in [6.45, 7) is 0. The second-order valence-corrected chi connectivity index (χ2v) is 15.1. The molecule has 9 aromatic carbocycles. The summed E-state index contributed by atoms with van der Waals surface area (Å²) < 4.78 is 9.41. The van der Waals surface area contributed by atoms with Crippen LogP contribution in [0.2, 0.25) is 0 Å². The van der Waals surface area contributed by atoms with Crippen LogP contribution < -0.4 is 4.90 Å². The Morgan fingerprint density at radius 3 is 1.71 bits per heavy atom. The first kappa shape index (κ1) is 31.6. The lowest BCUT2D eigenvalue weighted by Gasteiger charge is -2.29. The first-order valence-corrected chi connectivity index (χ1v) is 19.5. The predicted molar refractivity (Wildman–Crippen MR) is 235 cm³/mol. The minimum atomic E-state index is 0.860. The molecule has 11 rings (SSSR count). The van der Waals surface area contributed by atoms with Crippen molar-refractivity contribution in [2.24, 2.45) is 0 Å². The molecule has 0 spiro atoms. The van der Waals surface area contributed by atoms with Crippen molar-refractivity contribution in [2.45, 2.75) is 0 Å². The molecule has 0 aliphatic carbocycles. The maximum absolute atomic E-state index is 6.89. The number of hydrogen-bond acceptors (Lipinski definition) is 3. The highest BCUT2D eigenvalue weighted by atomic mass is 32.1. The van der Waals surface area contributed by atoms with E-state index in [1.54, 1.807) is 0 Å². The van der Waals surface area contributed by atoms with Gasteiger partial charge in [-0.1, -0.05) is 158 Å². The number of rotatable bonds is 6. The van der Waals surface area contributed by atoms with Gasteiger partial charge >= 0.3 is 0 Å². The predicted octanol–water partition coefficient (Wildman–Crippen LogP) is 15.6. The van der Waals surface area contributed by atoms with Crippen LogP contribution in [0.4, 0.5) is 17.1 Å². The number of benzene rings is 9.